The van der Waals surface area contributed by atoms with E-state index in [0.29, 0.717) is 12.6 Å². The number of likely N-dealkylation sites (tertiary alicyclic amines) is 1. The number of nitrogens with one attached hydrogen (secondary N) is 2. The van der Waals surface area contributed by atoms with Crippen LogP contribution in [0.4, 0.5) is 0 Å². The minimum atomic E-state index is 0.140. The van der Waals surface area contributed by atoms with Crippen LogP contribution in [0.15, 0.2) is 53.3 Å². The summed E-state index contributed by atoms with van der Waals surface area (Å²) in [6.07, 6.45) is 3.80. The molecule has 1 aromatic heterocycles. The third kappa shape index (κ3) is 3.97. The van der Waals surface area contributed by atoms with E-state index >= 15 is 0 Å². The van der Waals surface area contributed by atoms with E-state index in [1.54, 1.807) is 0 Å². The first-order valence-corrected chi connectivity index (χ1v) is 10.3. The van der Waals surface area contributed by atoms with Gasteiger partial charge in [0.15, 0.2) is 5.43 Å². The van der Waals surface area contributed by atoms with Crippen molar-refractivity contribution in [3.63, 3.8) is 0 Å². The van der Waals surface area contributed by atoms with E-state index in [-0.39, 0.29) is 5.43 Å². The molecular formula is C24H29N2O2+. The van der Waals surface area contributed by atoms with Crippen molar-refractivity contribution in [3.05, 3.63) is 75.6 Å². The highest BCUT2D eigenvalue weighted by atomic mass is 16.5. The molecule has 3 aromatic rings. The number of quaternary nitrogens is 1. The Morgan fingerprint density at radius 3 is 2.75 bits per heavy atom. The summed E-state index contributed by atoms with van der Waals surface area (Å²) in [5.41, 5.74) is 4.03. The number of rotatable bonds is 5. The Morgan fingerprint density at radius 2 is 1.96 bits per heavy atom. The van der Waals surface area contributed by atoms with Gasteiger partial charge >= 0.3 is 0 Å². The van der Waals surface area contributed by atoms with Gasteiger partial charge in [-0.1, -0.05) is 30.3 Å². The van der Waals surface area contributed by atoms with Crippen LogP contribution in [-0.4, -0.2) is 17.6 Å². The molecule has 2 heterocycles. The Labute approximate surface area is 166 Å². The zero-order chi connectivity index (χ0) is 19.5. The Bertz CT molecular complexity index is 1010. The van der Waals surface area contributed by atoms with Crippen LogP contribution in [0.5, 0.6) is 5.75 Å². The average Bonchev–Trinajstić information content (AvgIpc) is 2.72. The molecule has 1 unspecified atom stereocenters. The number of fused-ring (bicyclic) bond motifs is 1. The van der Waals surface area contributed by atoms with Gasteiger partial charge < -0.3 is 14.6 Å². The van der Waals surface area contributed by atoms with Crippen molar-refractivity contribution in [1.29, 1.82) is 0 Å². The Hall–Kier alpha value is -2.59. The number of aryl methyl sites for hydroxylation is 1. The first-order chi connectivity index (χ1) is 13.6. The van der Waals surface area contributed by atoms with Crippen LogP contribution in [0, 0.1) is 6.92 Å². The number of pyridine rings is 1. The molecule has 2 atom stereocenters. The van der Waals surface area contributed by atoms with E-state index < -0.39 is 0 Å². The first kappa shape index (κ1) is 18.8. The smallest absolute Gasteiger partial charge is 0.198 e. The summed E-state index contributed by atoms with van der Waals surface area (Å²) in [7, 11) is 0. The lowest BCUT2D eigenvalue weighted by Gasteiger charge is -2.30. The zero-order valence-electron chi connectivity index (χ0n) is 16.8. The number of hydrogen-bond acceptors (Lipinski definition) is 2. The number of hydrogen-bond donors (Lipinski definition) is 2. The van der Waals surface area contributed by atoms with Gasteiger partial charge in [-0.3, -0.25) is 4.79 Å². The molecule has 0 radical (unpaired) electrons. The molecule has 2 N–H and O–H groups in total. The molecular weight excluding hydrogens is 348 g/mol. The summed E-state index contributed by atoms with van der Waals surface area (Å²) >= 11 is 0. The summed E-state index contributed by atoms with van der Waals surface area (Å²) < 4.78 is 5.93. The predicted molar refractivity (Wildman–Crippen MR) is 113 cm³/mol. The normalized spacial score (nSPS) is 19.6. The van der Waals surface area contributed by atoms with Crippen LogP contribution in [0.2, 0.25) is 0 Å². The van der Waals surface area contributed by atoms with Crippen molar-refractivity contribution in [2.75, 3.05) is 6.54 Å². The molecule has 0 amide bonds. The molecule has 2 aromatic carbocycles. The van der Waals surface area contributed by atoms with Gasteiger partial charge in [-0.05, 0) is 56.9 Å². The lowest BCUT2D eigenvalue weighted by molar-refractivity contribution is -0.942. The highest BCUT2D eigenvalue weighted by Crippen LogP contribution is 2.20. The number of aromatic nitrogens is 1. The monoisotopic (exact) mass is 377 g/mol. The van der Waals surface area contributed by atoms with E-state index in [1.807, 2.05) is 55.5 Å². The average molecular weight is 378 g/mol. The molecule has 1 aliphatic heterocycles. The maximum Gasteiger partial charge on any atom is 0.198 e. The molecule has 0 aliphatic carbocycles. The second kappa shape index (κ2) is 8.19. The van der Waals surface area contributed by atoms with Gasteiger partial charge in [0.1, 0.15) is 18.9 Å². The highest BCUT2D eigenvalue weighted by molar-refractivity contribution is 5.81. The van der Waals surface area contributed by atoms with Crippen LogP contribution in [0.25, 0.3) is 10.9 Å². The molecule has 4 nitrogen and oxygen atoms in total. The number of benzene rings is 2. The van der Waals surface area contributed by atoms with E-state index in [1.165, 1.54) is 24.2 Å². The summed E-state index contributed by atoms with van der Waals surface area (Å²) in [5, 5.41) is 0.718. The SMILES string of the molecule is Cc1[nH]c2ccc(OCc3ccccc3)cc2c(=O)c1C[NH+]1CCCC[C@@H]1C. The largest absolute Gasteiger partial charge is 0.489 e. The number of ether oxygens (including phenoxy) is 1. The maximum absolute atomic E-state index is 13.3. The quantitative estimate of drug-likeness (QED) is 0.716. The zero-order valence-corrected chi connectivity index (χ0v) is 16.8. The first-order valence-electron chi connectivity index (χ1n) is 10.3. The fourth-order valence-electron chi connectivity index (χ4n) is 4.22. The van der Waals surface area contributed by atoms with Crippen molar-refractivity contribution >= 4 is 10.9 Å². The summed E-state index contributed by atoms with van der Waals surface area (Å²) in [6, 6.07) is 16.5. The van der Waals surface area contributed by atoms with Gasteiger partial charge in [0.25, 0.3) is 0 Å². The topological polar surface area (TPSA) is 46.5 Å². The molecule has 1 saturated heterocycles. The van der Waals surface area contributed by atoms with Crippen molar-refractivity contribution < 1.29 is 9.64 Å². The van der Waals surface area contributed by atoms with Gasteiger partial charge in [0.05, 0.1) is 18.2 Å². The summed E-state index contributed by atoms with van der Waals surface area (Å²) in [4.78, 5) is 18.2. The molecule has 1 aliphatic rings. The van der Waals surface area contributed by atoms with Crippen LogP contribution < -0.4 is 15.1 Å². The summed E-state index contributed by atoms with van der Waals surface area (Å²) in [6.45, 7) is 6.77. The van der Waals surface area contributed by atoms with Crippen molar-refractivity contribution in [2.45, 2.75) is 52.3 Å². The molecule has 0 spiro atoms. The van der Waals surface area contributed by atoms with E-state index in [9.17, 15) is 4.79 Å². The summed E-state index contributed by atoms with van der Waals surface area (Å²) in [5.74, 6) is 0.732. The molecule has 28 heavy (non-hydrogen) atoms. The van der Waals surface area contributed by atoms with Gasteiger partial charge in [0.2, 0.25) is 0 Å². The van der Waals surface area contributed by atoms with Crippen LogP contribution >= 0.6 is 0 Å². The van der Waals surface area contributed by atoms with E-state index in [2.05, 4.69) is 11.9 Å². The third-order valence-corrected chi connectivity index (χ3v) is 6.02. The Morgan fingerprint density at radius 1 is 1.14 bits per heavy atom. The van der Waals surface area contributed by atoms with Crippen LogP contribution in [-0.2, 0) is 13.2 Å². The number of aromatic amines is 1. The fourth-order valence-corrected chi connectivity index (χ4v) is 4.22. The van der Waals surface area contributed by atoms with Crippen molar-refractivity contribution in [1.82, 2.24) is 4.98 Å². The number of piperidine rings is 1. The Kier molecular flexibility index (Phi) is 5.49. The molecule has 1 fully saturated rings. The molecule has 4 heteroatoms. The predicted octanol–water partition coefficient (Wildman–Crippen LogP) is 3.37. The van der Waals surface area contributed by atoms with Gasteiger partial charge in [-0.15, -0.1) is 0 Å². The highest BCUT2D eigenvalue weighted by Gasteiger charge is 2.24. The van der Waals surface area contributed by atoms with Crippen molar-refractivity contribution in [2.24, 2.45) is 0 Å². The van der Waals surface area contributed by atoms with Crippen molar-refractivity contribution in [3.8, 4) is 5.75 Å². The van der Waals surface area contributed by atoms with Gasteiger partial charge in [-0.2, -0.15) is 0 Å². The molecule has 0 saturated carbocycles. The van der Waals surface area contributed by atoms with Gasteiger partial charge in [-0.25, -0.2) is 0 Å². The maximum atomic E-state index is 13.3. The lowest BCUT2D eigenvalue weighted by atomic mass is 10.0. The van der Waals surface area contributed by atoms with Crippen LogP contribution in [0.3, 0.4) is 0 Å². The van der Waals surface area contributed by atoms with Crippen LogP contribution in [0.1, 0.15) is 43.0 Å². The second-order valence-electron chi connectivity index (χ2n) is 8.02. The lowest BCUT2D eigenvalue weighted by Crippen LogP contribution is -3.15. The Balaban J connectivity index is 1.61. The number of H-pyrrole nitrogens is 1. The van der Waals surface area contributed by atoms with Gasteiger partial charge in [0, 0.05) is 16.6 Å². The third-order valence-electron chi connectivity index (χ3n) is 6.02. The fraction of sp³-hybridized carbons (Fsp3) is 0.375. The minimum Gasteiger partial charge on any atom is -0.489 e. The van der Waals surface area contributed by atoms with E-state index in [4.69, 9.17) is 4.74 Å². The minimum absolute atomic E-state index is 0.140. The second-order valence-corrected chi connectivity index (χ2v) is 8.02. The molecule has 4 rings (SSSR count). The molecule has 146 valence electrons. The molecule has 0 bridgehead atoms. The van der Waals surface area contributed by atoms with E-state index in [0.717, 1.165) is 46.6 Å². The standard InChI is InChI=1S/C24H28N2O2/c1-17-8-6-7-13-26(17)15-22-18(2)25-23-12-11-20(14-21(23)24(22)27)28-16-19-9-4-3-5-10-19/h3-5,9-12,14,17H,6-8,13,15-16H2,1-2H3,(H,25,27)/p+1/t17-/m0/s1.